The molecule has 3 rings (SSSR count). The lowest BCUT2D eigenvalue weighted by atomic mass is 10.2. The third-order valence-corrected chi connectivity index (χ3v) is 6.48. The average molecular weight is 405 g/mol. The van der Waals surface area contributed by atoms with Crippen LogP contribution >= 0.6 is 0 Å². The van der Waals surface area contributed by atoms with Gasteiger partial charge in [-0.2, -0.15) is 4.31 Å². The Morgan fingerprint density at radius 2 is 1.82 bits per heavy atom. The Morgan fingerprint density at radius 3 is 2.43 bits per heavy atom. The number of hydrogen-bond donors (Lipinski definition) is 1. The number of benzene rings is 1. The van der Waals surface area contributed by atoms with Crippen molar-refractivity contribution in [3.63, 3.8) is 0 Å². The summed E-state index contributed by atoms with van der Waals surface area (Å²) in [5.74, 6) is -0.0594. The SMILES string of the molecule is CN(CC(=O)NCc1ccco1)C(=O)c1ccc(S(=O)(=O)N2CCCC2)cc1. The van der Waals surface area contributed by atoms with Gasteiger partial charge in [0.15, 0.2) is 0 Å². The van der Waals surface area contributed by atoms with Crippen LogP contribution in [0.5, 0.6) is 0 Å². The maximum Gasteiger partial charge on any atom is 0.254 e. The second kappa shape index (κ2) is 8.57. The summed E-state index contributed by atoms with van der Waals surface area (Å²) in [7, 11) is -2.00. The van der Waals surface area contributed by atoms with Crippen LogP contribution in [0.25, 0.3) is 0 Å². The predicted octanol–water partition coefficient (Wildman–Crippen LogP) is 1.45. The average Bonchev–Trinajstić information content (AvgIpc) is 3.39. The summed E-state index contributed by atoms with van der Waals surface area (Å²) in [5, 5.41) is 2.67. The molecular formula is C19H23N3O5S. The number of hydrogen-bond acceptors (Lipinski definition) is 5. The third-order valence-electron chi connectivity index (χ3n) is 4.57. The summed E-state index contributed by atoms with van der Waals surface area (Å²) in [6, 6.07) is 9.29. The van der Waals surface area contributed by atoms with Gasteiger partial charge in [-0.1, -0.05) is 0 Å². The fourth-order valence-electron chi connectivity index (χ4n) is 3.01. The highest BCUT2D eigenvalue weighted by Crippen LogP contribution is 2.21. The number of nitrogens with zero attached hydrogens (tertiary/aromatic N) is 2. The van der Waals surface area contributed by atoms with Crippen LogP contribution in [0, 0.1) is 0 Å². The quantitative estimate of drug-likeness (QED) is 0.752. The van der Waals surface area contributed by atoms with Gasteiger partial charge in [-0.05, 0) is 49.2 Å². The summed E-state index contributed by atoms with van der Waals surface area (Å²) < 4.78 is 31.7. The van der Waals surface area contributed by atoms with E-state index in [1.807, 2.05) is 0 Å². The molecule has 0 saturated carbocycles. The van der Waals surface area contributed by atoms with Crippen molar-refractivity contribution in [2.24, 2.45) is 0 Å². The predicted molar refractivity (Wildman–Crippen MR) is 102 cm³/mol. The van der Waals surface area contributed by atoms with E-state index in [0.29, 0.717) is 24.4 Å². The molecule has 0 unspecified atom stereocenters. The van der Waals surface area contributed by atoms with Crippen molar-refractivity contribution in [1.29, 1.82) is 0 Å². The molecule has 0 radical (unpaired) electrons. The molecule has 1 aromatic carbocycles. The van der Waals surface area contributed by atoms with Crippen molar-refractivity contribution in [2.45, 2.75) is 24.3 Å². The Balaban J connectivity index is 1.58. The molecule has 0 aliphatic carbocycles. The number of carbonyl (C=O) groups is 2. The third kappa shape index (κ3) is 4.60. The molecule has 150 valence electrons. The van der Waals surface area contributed by atoms with Crippen LogP contribution in [0.4, 0.5) is 0 Å². The molecule has 1 aliphatic rings. The second-order valence-electron chi connectivity index (χ2n) is 6.65. The standard InChI is InChI=1S/C19H23N3O5S/c1-21(14-18(23)20-13-16-5-4-12-27-16)19(24)15-6-8-17(9-7-15)28(25,26)22-10-2-3-11-22/h4-9,12H,2-3,10-11,13-14H2,1H3,(H,20,23). The number of furan rings is 1. The molecule has 9 heteroatoms. The molecule has 1 aromatic heterocycles. The molecule has 0 bridgehead atoms. The van der Waals surface area contributed by atoms with Crippen molar-refractivity contribution in [3.8, 4) is 0 Å². The molecule has 1 saturated heterocycles. The van der Waals surface area contributed by atoms with Crippen molar-refractivity contribution in [2.75, 3.05) is 26.7 Å². The van der Waals surface area contributed by atoms with Gasteiger partial charge in [0.25, 0.3) is 5.91 Å². The monoisotopic (exact) mass is 405 g/mol. The van der Waals surface area contributed by atoms with Gasteiger partial charge in [-0.3, -0.25) is 9.59 Å². The zero-order valence-electron chi connectivity index (χ0n) is 15.6. The molecule has 1 N–H and O–H groups in total. The van der Waals surface area contributed by atoms with Gasteiger partial charge in [0.2, 0.25) is 15.9 Å². The topological polar surface area (TPSA) is 99.9 Å². The largest absolute Gasteiger partial charge is 0.467 e. The van der Waals surface area contributed by atoms with Crippen LogP contribution in [-0.2, 0) is 21.4 Å². The zero-order chi connectivity index (χ0) is 20.1. The minimum absolute atomic E-state index is 0.118. The summed E-state index contributed by atoms with van der Waals surface area (Å²) in [6.45, 7) is 1.18. The molecule has 1 aliphatic heterocycles. The Bertz CT molecular complexity index is 917. The molecular weight excluding hydrogens is 382 g/mol. The fraction of sp³-hybridized carbons (Fsp3) is 0.368. The summed E-state index contributed by atoms with van der Waals surface area (Å²) in [5.41, 5.74) is 0.321. The van der Waals surface area contributed by atoms with Crippen molar-refractivity contribution < 1.29 is 22.4 Å². The van der Waals surface area contributed by atoms with Crippen LogP contribution in [0.2, 0.25) is 0 Å². The Labute approximate surface area is 164 Å². The molecule has 2 amide bonds. The van der Waals surface area contributed by atoms with Crippen molar-refractivity contribution in [1.82, 2.24) is 14.5 Å². The molecule has 1 fully saturated rings. The Morgan fingerprint density at radius 1 is 1.14 bits per heavy atom. The van der Waals surface area contributed by atoms with E-state index in [2.05, 4.69) is 5.32 Å². The van der Waals surface area contributed by atoms with E-state index < -0.39 is 10.0 Å². The van der Waals surface area contributed by atoms with Crippen LogP contribution in [0.15, 0.2) is 52.0 Å². The number of nitrogens with one attached hydrogen (secondary N) is 1. The van der Waals surface area contributed by atoms with Gasteiger partial charge in [0, 0.05) is 25.7 Å². The molecule has 2 heterocycles. The first-order valence-corrected chi connectivity index (χ1v) is 10.5. The van der Waals surface area contributed by atoms with E-state index in [9.17, 15) is 18.0 Å². The van der Waals surface area contributed by atoms with E-state index in [1.54, 1.807) is 12.1 Å². The minimum atomic E-state index is -3.51. The molecule has 0 spiro atoms. The highest BCUT2D eigenvalue weighted by atomic mass is 32.2. The summed E-state index contributed by atoms with van der Waals surface area (Å²) in [6.07, 6.45) is 3.25. The molecule has 28 heavy (non-hydrogen) atoms. The van der Waals surface area contributed by atoms with Crippen LogP contribution in [-0.4, -0.2) is 56.1 Å². The number of sulfonamides is 1. The van der Waals surface area contributed by atoms with Crippen LogP contribution in [0.3, 0.4) is 0 Å². The first-order valence-electron chi connectivity index (χ1n) is 9.02. The fourth-order valence-corrected chi connectivity index (χ4v) is 4.53. The summed E-state index contributed by atoms with van der Waals surface area (Å²) >= 11 is 0. The lowest BCUT2D eigenvalue weighted by molar-refractivity contribution is -0.121. The normalized spacial score (nSPS) is 14.8. The van der Waals surface area contributed by atoms with E-state index in [-0.39, 0.29) is 29.8 Å². The first-order chi connectivity index (χ1) is 13.4. The van der Waals surface area contributed by atoms with Gasteiger partial charge in [-0.15, -0.1) is 0 Å². The maximum absolute atomic E-state index is 12.5. The van der Waals surface area contributed by atoms with Crippen LogP contribution in [0.1, 0.15) is 29.0 Å². The highest BCUT2D eigenvalue weighted by Gasteiger charge is 2.27. The zero-order valence-corrected chi connectivity index (χ0v) is 16.4. The smallest absolute Gasteiger partial charge is 0.254 e. The molecule has 2 aromatic rings. The Hall–Kier alpha value is -2.65. The molecule has 0 atom stereocenters. The lowest BCUT2D eigenvalue weighted by Gasteiger charge is -2.18. The maximum atomic E-state index is 12.5. The van der Waals surface area contributed by atoms with Crippen molar-refractivity contribution >= 4 is 21.8 Å². The van der Waals surface area contributed by atoms with Gasteiger partial charge < -0.3 is 14.6 Å². The summed E-state index contributed by atoms with van der Waals surface area (Å²) in [4.78, 5) is 25.9. The number of rotatable bonds is 7. The van der Waals surface area contributed by atoms with E-state index in [4.69, 9.17) is 4.42 Å². The second-order valence-corrected chi connectivity index (χ2v) is 8.59. The number of likely N-dealkylation sites (N-methyl/N-ethyl adjacent to an activating group) is 1. The van der Waals surface area contributed by atoms with E-state index >= 15 is 0 Å². The lowest BCUT2D eigenvalue weighted by Crippen LogP contribution is -2.38. The van der Waals surface area contributed by atoms with Gasteiger partial charge in [-0.25, -0.2) is 8.42 Å². The highest BCUT2D eigenvalue weighted by molar-refractivity contribution is 7.89. The van der Waals surface area contributed by atoms with Crippen molar-refractivity contribution in [3.05, 3.63) is 54.0 Å². The Kier molecular flexibility index (Phi) is 6.15. The van der Waals surface area contributed by atoms with E-state index in [0.717, 1.165) is 12.8 Å². The van der Waals surface area contributed by atoms with Gasteiger partial charge >= 0.3 is 0 Å². The number of amides is 2. The van der Waals surface area contributed by atoms with Crippen LogP contribution < -0.4 is 5.32 Å². The minimum Gasteiger partial charge on any atom is -0.467 e. The van der Waals surface area contributed by atoms with Gasteiger partial charge in [0.05, 0.1) is 24.2 Å². The first kappa shape index (κ1) is 20.1. The van der Waals surface area contributed by atoms with E-state index in [1.165, 1.54) is 46.8 Å². The molecule has 8 nitrogen and oxygen atoms in total. The number of carbonyl (C=O) groups excluding carboxylic acids is 2. The van der Waals surface area contributed by atoms with Gasteiger partial charge in [0.1, 0.15) is 5.76 Å².